The van der Waals surface area contributed by atoms with Crippen LogP contribution in [0.15, 0.2) is 47.4 Å². The van der Waals surface area contributed by atoms with Crippen LogP contribution in [0.3, 0.4) is 0 Å². The van der Waals surface area contributed by atoms with Crippen LogP contribution in [0.4, 0.5) is 13.2 Å². The molecule has 1 heterocycles. The lowest BCUT2D eigenvalue weighted by atomic mass is 9.83. The quantitative estimate of drug-likeness (QED) is 0.565. The molecule has 1 spiro atoms. The molecule has 1 aliphatic heterocycles. The monoisotopic (exact) mass is 447 g/mol. The van der Waals surface area contributed by atoms with Crippen molar-refractivity contribution in [3.8, 4) is 5.75 Å². The fourth-order valence-electron chi connectivity index (χ4n) is 3.96. The van der Waals surface area contributed by atoms with Gasteiger partial charge in [-0.1, -0.05) is 24.3 Å². The van der Waals surface area contributed by atoms with Crippen molar-refractivity contribution in [3.05, 3.63) is 59.2 Å². The van der Waals surface area contributed by atoms with Gasteiger partial charge in [0.05, 0.1) is 10.4 Å². The van der Waals surface area contributed by atoms with Gasteiger partial charge in [-0.3, -0.25) is 0 Å². The maximum absolute atomic E-state index is 12.6. The molecule has 0 radical (unpaired) electrons. The number of rotatable bonds is 2. The standard InChI is InChI=1S/C18H16F3NO5S2/c19-18(20,21)29(25,26)27-14-6-5-12-7-9-17(10-8-13(12)11-14)15-3-1-2-4-16(15)28(23,24)22-17/h1-6,11,22H,7-10H2/t17-/m1/s1. The fourth-order valence-corrected chi connectivity index (χ4v) is 6.16. The summed E-state index contributed by atoms with van der Waals surface area (Å²) in [5, 5.41) is 0. The summed E-state index contributed by atoms with van der Waals surface area (Å²) in [4.78, 5) is 0.228. The van der Waals surface area contributed by atoms with E-state index in [1.165, 1.54) is 18.2 Å². The highest BCUT2D eigenvalue weighted by atomic mass is 32.2. The number of nitrogens with one attached hydrogen (secondary N) is 1. The van der Waals surface area contributed by atoms with Crippen molar-refractivity contribution in [1.82, 2.24) is 4.72 Å². The van der Waals surface area contributed by atoms with E-state index in [9.17, 15) is 30.0 Å². The van der Waals surface area contributed by atoms with Gasteiger partial charge in [0.15, 0.2) is 0 Å². The maximum Gasteiger partial charge on any atom is 0.534 e. The Morgan fingerprint density at radius 3 is 2.34 bits per heavy atom. The van der Waals surface area contributed by atoms with Crippen LogP contribution < -0.4 is 8.91 Å². The Hall–Kier alpha value is -2.11. The van der Waals surface area contributed by atoms with Gasteiger partial charge in [-0.2, -0.15) is 21.6 Å². The highest BCUT2D eigenvalue weighted by Crippen LogP contribution is 2.44. The molecule has 2 aromatic rings. The summed E-state index contributed by atoms with van der Waals surface area (Å²) < 4.78 is 92.2. The van der Waals surface area contributed by atoms with Crippen LogP contribution in [0.1, 0.15) is 29.5 Å². The van der Waals surface area contributed by atoms with Gasteiger partial charge in [0.1, 0.15) is 5.75 Å². The first-order chi connectivity index (χ1) is 13.4. The molecule has 1 aliphatic carbocycles. The van der Waals surface area contributed by atoms with E-state index in [1.807, 2.05) is 0 Å². The van der Waals surface area contributed by atoms with E-state index in [1.54, 1.807) is 24.3 Å². The van der Waals surface area contributed by atoms with Crippen LogP contribution in [0.25, 0.3) is 0 Å². The second kappa shape index (κ2) is 6.44. The van der Waals surface area contributed by atoms with Gasteiger partial charge in [0.2, 0.25) is 10.0 Å². The van der Waals surface area contributed by atoms with Crippen LogP contribution in [-0.4, -0.2) is 22.3 Å². The third-order valence-corrected chi connectivity index (χ3v) is 7.90. The molecule has 0 aromatic heterocycles. The number of halogens is 3. The predicted octanol–water partition coefficient (Wildman–Crippen LogP) is 2.98. The highest BCUT2D eigenvalue weighted by molar-refractivity contribution is 7.90. The molecule has 0 bridgehead atoms. The molecule has 0 saturated carbocycles. The summed E-state index contributed by atoms with van der Waals surface area (Å²) in [7, 11) is -9.40. The molecule has 0 amide bonds. The molecule has 156 valence electrons. The lowest BCUT2D eigenvalue weighted by molar-refractivity contribution is -0.0500. The number of sulfonamides is 1. The molecule has 6 nitrogen and oxygen atoms in total. The minimum absolute atomic E-state index is 0.228. The summed E-state index contributed by atoms with van der Waals surface area (Å²) in [5.74, 6) is -0.426. The average Bonchev–Trinajstić information content (AvgIpc) is 2.74. The molecule has 2 aliphatic rings. The van der Waals surface area contributed by atoms with Crippen LogP contribution in [0.2, 0.25) is 0 Å². The van der Waals surface area contributed by atoms with Gasteiger partial charge in [-0.15, -0.1) is 0 Å². The van der Waals surface area contributed by atoms with Crippen LogP contribution in [0, 0.1) is 0 Å². The van der Waals surface area contributed by atoms with Crippen molar-refractivity contribution in [2.45, 2.75) is 41.6 Å². The Labute approximate surface area is 165 Å². The van der Waals surface area contributed by atoms with Crippen molar-refractivity contribution in [2.24, 2.45) is 0 Å². The predicted molar refractivity (Wildman–Crippen MR) is 97.1 cm³/mol. The normalized spacial score (nSPS) is 23.3. The molecule has 29 heavy (non-hydrogen) atoms. The van der Waals surface area contributed by atoms with E-state index >= 15 is 0 Å². The molecule has 0 unspecified atom stereocenters. The smallest absolute Gasteiger partial charge is 0.376 e. The summed E-state index contributed by atoms with van der Waals surface area (Å²) in [6.45, 7) is 0. The summed E-state index contributed by atoms with van der Waals surface area (Å²) in [6, 6.07) is 10.7. The minimum Gasteiger partial charge on any atom is -0.376 e. The topological polar surface area (TPSA) is 89.5 Å². The third kappa shape index (κ3) is 3.40. The number of hydrogen-bond donors (Lipinski definition) is 1. The van der Waals surface area contributed by atoms with Crippen molar-refractivity contribution in [3.63, 3.8) is 0 Å². The third-order valence-electron chi connectivity index (χ3n) is 5.33. The Morgan fingerprint density at radius 2 is 1.66 bits per heavy atom. The zero-order valence-corrected chi connectivity index (χ0v) is 16.5. The molecule has 1 N–H and O–H groups in total. The largest absolute Gasteiger partial charge is 0.534 e. The lowest BCUT2D eigenvalue weighted by Crippen LogP contribution is -2.39. The number of benzene rings is 2. The average molecular weight is 447 g/mol. The first kappa shape index (κ1) is 20.2. The Morgan fingerprint density at radius 1 is 1.00 bits per heavy atom. The Bertz CT molecular complexity index is 1190. The van der Waals surface area contributed by atoms with Crippen LogP contribution in [-0.2, 0) is 38.5 Å². The molecular formula is C18H16F3NO5S2. The van der Waals surface area contributed by atoms with E-state index in [0.717, 1.165) is 5.56 Å². The minimum atomic E-state index is -5.76. The van der Waals surface area contributed by atoms with Gasteiger partial charge in [-0.25, -0.2) is 13.1 Å². The van der Waals surface area contributed by atoms with Gasteiger partial charge in [0, 0.05) is 0 Å². The van der Waals surface area contributed by atoms with Gasteiger partial charge in [-0.05, 0) is 60.6 Å². The van der Waals surface area contributed by atoms with E-state index in [4.69, 9.17) is 0 Å². The van der Waals surface area contributed by atoms with Gasteiger partial charge < -0.3 is 4.18 Å². The van der Waals surface area contributed by atoms with Crippen LogP contribution in [0.5, 0.6) is 5.75 Å². The summed E-state index contributed by atoms with van der Waals surface area (Å²) >= 11 is 0. The van der Waals surface area contributed by atoms with Gasteiger partial charge in [0.25, 0.3) is 0 Å². The Balaban J connectivity index is 1.65. The number of fused-ring (bicyclic) bond motifs is 3. The summed E-state index contributed by atoms with van der Waals surface area (Å²) in [6.07, 6.45) is 1.66. The molecular weight excluding hydrogens is 431 g/mol. The molecule has 2 aromatic carbocycles. The van der Waals surface area contributed by atoms with Crippen molar-refractivity contribution in [1.29, 1.82) is 0 Å². The van der Waals surface area contributed by atoms with Crippen molar-refractivity contribution < 1.29 is 34.2 Å². The second-order valence-electron chi connectivity index (χ2n) is 7.10. The molecule has 1 atom stereocenters. The van der Waals surface area contributed by atoms with E-state index < -0.39 is 36.9 Å². The first-order valence-corrected chi connectivity index (χ1v) is 11.6. The summed E-state index contributed by atoms with van der Waals surface area (Å²) in [5.41, 5.74) is -4.23. The van der Waals surface area contributed by atoms with Gasteiger partial charge >= 0.3 is 15.6 Å². The van der Waals surface area contributed by atoms with Crippen molar-refractivity contribution in [2.75, 3.05) is 0 Å². The zero-order valence-electron chi connectivity index (χ0n) is 14.9. The zero-order chi connectivity index (χ0) is 21.1. The second-order valence-corrected chi connectivity index (χ2v) is 10.3. The number of alkyl halides is 3. The fraction of sp³-hybridized carbons (Fsp3) is 0.333. The van der Waals surface area contributed by atoms with E-state index in [-0.39, 0.29) is 4.90 Å². The molecule has 0 fully saturated rings. The lowest BCUT2D eigenvalue weighted by Gasteiger charge is -2.27. The molecule has 4 rings (SSSR count). The number of aryl methyl sites for hydroxylation is 2. The SMILES string of the molecule is O=S1(=O)N[C@@]2(CCc3ccc(OS(=O)(=O)C(F)(F)F)cc3CC2)c2ccccc21. The van der Waals surface area contributed by atoms with Crippen LogP contribution >= 0.6 is 0 Å². The van der Waals surface area contributed by atoms with Crippen molar-refractivity contribution >= 4 is 20.1 Å². The maximum atomic E-state index is 12.6. The van der Waals surface area contributed by atoms with E-state index in [2.05, 4.69) is 8.91 Å². The van der Waals surface area contributed by atoms with E-state index in [0.29, 0.717) is 36.8 Å². The molecule has 0 saturated heterocycles. The number of hydrogen-bond acceptors (Lipinski definition) is 5. The molecule has 11 heteroatoms. The Kier molecular flexibility index (Phi) is 4.48. The first-order valence-electron chi connectivity index (χ1n) is 8.70. The highest BCUT2D eigenvalue weighted by Gasteiger charge is 2.49.